The van der Waals surface area contributed by atoms with Crippen molar-refractivity contribution in [1.82, 2.24) is 25.0 Å². The van der Waals surface area contributed by atoms with Crippen LogP contribution in [0.3, 0.4) is 0 Å². The van der Waals surface area contributed by atoms with E-state index in [2.05, 4.69) is 25.7 Å². The summed E-state index contributed by atoms with van der Waals surface area (Å²) in [6, 6.07) is 0. The minimum atomic E-state index is -0.354. The Morgan fingerprint density at radius 1 is 1.53 bits per heavy atom. The summed E-state index contributed by atoms with van der Waals surface area (Å²) in [5.41, 5.74) is 0.262. The predicted octanol–water partition coefficient (Wildman–Crippen LogP) is 0.676. The summed E-state index contributed by atoms with van der Waals surface area (Å²) < 4.78 is 6.83. The molecule has 100 valence electrons. The van der Waals surface area contributed by atoms with Crippen molar-refractivity contribution in [3.05, 3.63) is 17.7 Å². The fourth-order valence-corrected chi connectivity index (χ4v) is 1.90. The fraction of sp³-hybridized carbons (Fsp3) is 0.455. The Kier molecular flexibility index (Phi) is 2.69. The highest BCUT2D eigenvalue weighted by atomic mass is 16.5. The second-order valence-corrected chi connectivity index (χ2v) is 4.48. The van der Waals surface area contributed by atoms with E-state index in [0.717, 1.165) is 18.7 Å². The van der Waals surface area contributed by atoms with Gasteiger partial charge in [0.25, 0.3) is 5.91 Å². The number of carbonyl (C=O) groups is 1. The van der Waals surface area contributed by atoms with Crippen LogP contribution in [0, 0.1) is 0 Å². The molecule has 1 fully saturated rings. The molecule has 0 atom stereocenters. The minimum absolute atomic E-state index is 0.262. The highest BCUT2D eigenvalue weighted by molar-refractivity contribution is 6.03. The molecule has 1 aliphatic carbocycles. The smallest absolute Gasteiger partial charge is 0.279 e. The second-order valence-electron chi connectivity index (χ2n) is 4.48. The number of hydrogen-bond acceptors (Lipinski definition) is 5. The van der Waals surface area contributed by atoms with Crippen molar-refractivity contribution in [3.8, 4) is 5.75 Å². The van der Waals surface area contributed by atoms with Crippen LogP contribution in [-0.2, 0) is 7.05 Å². The van der Waals surface area contributed by atoms with Gasteiger partial charge in [0.05, 0.1) is 13.3 Å². The standard InChI is InChI=1S/C11H14N6O2/c1-17-9(6-3-4-6)15-16-11(17)13-10(18)8-7(19-2)5-12-14-8/h5-6H,3-4H2,1-2H3,(H,12,14)(H,13,16,18). The van der Waals surface area contributed by atoms with Crippen molar-refractivity contribution in [2.45, 2.75) is 18.8 Å². The summed E-state index contributed by atoms with van der Waals surface area (Å²) in [4.78, 5) is 12.1. The van der Waals surface area contributed by atoms with Crippen LogP contribution in [0.5, 0.6) is 5.75 Å². The quantitative estimate of drug-likeness (QED) is 0.844. The zero-order chi connectivity index (χ0) is 13.4. The van der Waals surface area contributed by atoms with Gasteiger partial charge < -0.3 is 4.74 Å². The van der Waals surface area contributed by atoms with Gasteiger partial charge in [0.2, 0.25) is 5.95 Å². The van der Waals surface area contributed by atoms with Crippen LogP contribution in [0.4, 0.5) is 5.95 Å². The van der Waals surface area contributed by atoms with Gasteiger partial charge in [0, 0.05) is 13.0 Å². The van der Waals surface area contributed by atoms with Crippen molar-refractivity contribution < 1.29 is 9.53 Å². The summed E-state index contributed by atoms with van der Waals surface area (Å²) in [7, 11) is 3.32. The van der Waals surface area contributed by atoms with E-state index in [4.69, 9.17) is 4.74 Å². The van der Waals surface area contributed by atoms with Gasteiger partial charge in [-0.05, 0) is 12.8 Å². The first-order valence-electron chi connectivity index (χ1n) is 5.98. The maximum Gasteiger partial charge on any atom is 0.279 e. The molecule has 2 aromatic rings. The molecule has 0 unspecified atom stereocenters. The lowest BCUT2D eigenvalue weighted by Crippen LogP contribution is -2.16. The number of amides is 1. The first kappa shape index (κ1) is 11.7. The van der Waals surface area contributed by atoms with Gasteiger partial charge in [0.15, 0.2) is 11.4 Å². The molecular weight excluding hydrogens is 248 g/mol. The van der Waals surface area contributed by atoms with Gasteiger partial charge in [0.1, 0.15) is 5.82 Å². The molecule has 2 aromatic heterocycles. The topological polar surface area (TPSA) is 97.7 Å². The molecule has 0 aliphatic heterocycles. The molecule has 8 nitrogen and oxygen atoms in total. The molecule has 0 aromatic carbocycles. The summed E-state index contributed by atoms with van der Waals surface area (Å²) in [5, 5.41) is 17.1. The Hall–Kier alpha value is -2.38. The molecule has 0 saturated heterocycles. The van der Waals surface area contributed by atoms with E-state index in [1.54, 1.807) is 4.57 Å². The number of aromatic amines is 1. The number of nitrogens with zero attached hydrogens (tertiary/aromatic N) is 4. The molecule has 1 saturated carbocycles. The number of H-pyrrole nitrogens is 1. The first-order valence-corrected chi connectivity index (χ1v) is 5.98. The van der Waals surface area contributed by atoms with E-state index >= 15 is 0 Å². The molecule has 1 amide bonds. The van der Waals surface area contributed by atoms with Crippen molar-refractivity contribution >= 4 is 11.9 Å². The molecule has 3 rings (SSSR count). The molecule has 19 heavy (non-hydrogen) atoms. The molecule has 2 N–H and O–H groups in total. The van der Waals surface area contributed by atoms with Crippen molar-refractivity contribution in [2.24, 2.45) is 7.05 Å². The van der Waals surface area contributed by atoms with Gasteiger partial charge in [-0.25, -0.2) is 0 Å². The van der Waals surface area contributed by atoms with E-state index in [0.29, 0.717) is 17.6 Å². The first-order chi connectivity index (χ1) is 9.20. The maximum absolute atomic E-state index is 12.1. The Morgan fingerprint density at radius 3 is 3.00 bits per heavy atom. The van der Waals surface area contributed by atoms with E-state index in [9.17, 15) is 4.79 Å². The van der Waals surface area contributed by atoms with Gasteiger partial charge in [-0.3, -0.25) is 19.8 Å². The molecule has 0 radical (unpaired) electrons. The molecule has 1 aliphatic rings. The van der Waals surface area contributed by atoms with Crippen LogP contribution in [0.25, 0.3) is 0 Å². The van der Waals surface area contributed by atoms with Crippen LogP contribution < -0.4 is 10.1 Å². The second kappa shape index (κ2) is 4.38. The number of nitrogens with one attached hydrogen (secondary N) is 2. The predicted molar refractivity (Wildman–Crippen MR) is 66.1 cm³/mol. The lowest BCUT2D eigenvalue weighted by atomic mass is 10.4. The number of rotatable bonds is 4. The largest absolute Gasteiger partial charge is 0.493 e. The van der Waals surface area contributed by atoms with Crippen molar-refractivity contribution in [3.63, 3.8) is 0 Å². The molecular formula is C11H14N6O2. The van der Waals surface area contributed by atoms with Gasteiger partial charge >= 0.3 is 0 Å². The summed E-state index contributed by atoms with van der Waals surface area (Å²) in [5.74, 6) is 1.84. The summed E-state index contributed by atoms with van der Waals surface area (Å²) in [6.45, 7) is 0. The lowest BCUT2D eigenvalue weighted by Gasteiger charge is -2.05. The SMILES string of the molecule is COc1cn[nH]c1C(=O)Nc1nnc(C2CC2)n1C. The third-order valence-electron chi connectivity index (χ3n) is 3.13. The van der Waals surface area contributed by atoms with E-state index in [1.807, 2.05) is 7.05 Å². The number of anilines is 1. The number of methoxy groups -OCH3 is 1. The number of ether oxygens (including phenoxy) is 1. The van der Waals surface area contributed by atoms with Gasteiger partial charge in [-0.15, -0.1) is 10.2 Å². The van der Waals surface area contributed by atoms with Crippen molar-refractivity contribution in [2.75, 3.05) is 12.4 Å². The normalized spacial score (nSPS) is 14.4. The van der Waals surface area contributed by atoms with Crippen LogP contribution >= 0.6 is 0 Å². The summed E-state index contributed by atoms with van der Waals surface area (Å²) in [6.07, 6.45) is 3.71. The Morgan fingerprint density at radius 2 is 2.32 bits per heavy atom. The lowest BCUT2D eigenvalue weighted by molar-refractivity contribution is 0.101. The van der Waals surface area contributed by atoms with Gasteiger partial charge in [-0.2, -0.15) is 5.10 Å². The molecule has 2 heterocycles. The van der Waals surface area contributed by atoms with Gasteiger partial charge in [-0.1, -0.05) is 0 Å². The molecule has 0 bridgehead atoms. The Labute approximate surface area is 109 Å². The molecule has 8 heteroatoms. The fourth-order valence-electron chi connectivity index (χ4n) is 1.90. The van der Waals surface area contributed by atoms with Crippen LogP contribution in [0.15, 0.2) is 6.20 Å². The average Bonchev–Trinajstić information content (AvgIpc) is 3.01. The highest BCUT2D eigenvalue weighted by Gasteiger charge is 2.29. The van der Waals surface area contributed by atoms with Crippen LogP contribution in [0.1, 0.15) is 35.1 Å². The number of hydrogen-bond donors (Lipinski definition) is 2. The monoisotopic (exact) mass is 262 g/mol. The third-order valence-corrected chi connectivity index (χ3v) is 3.13. The van der Waals surface area contributed by atoms with E-state index in [-0.39, 0.29) is 11.6 Å². The van der Waals surface area contributed by atoms with E-state index < -0.39 is 0 Å². The zero-order valence-corrected chi connectivity index (χ0v) is 10.7. The zero-order valence-electron chi connectivity index (χ0n) is 10.7. The third kappa shape index (κ3) is 2.05. The maximum atomic E-state index is 12.1. The van der Waals surface area contributed by atoms with Crippen molar-refractivity contribution in [1.29, 1.82) is 0 Å². The summed E-state index contributed by atoms with van der Waals surface area (Å²) >= 11 is 0. The number of aromatic nitrogens is 5. The average molecular weight is 262 g/mol. The minimum Gasteiger partial charge on any atom is -0.493 e. The Bertz CT molecular complexity index is 612. The number of carbonyl (C=O) groups excluding carboxylic acids is 1. The Balaban J connectivity index is 1.79. The van der Waals surface area contributed by atoms with Crippen LogP contribution in [-0.4, -0.2) is 38.0 Å². The van der Waals surface area contributed by atoms with E-state index in [1.165, 1.54) is 13.3 Å². The molecule has 0 spiro atoms. The van der Waals surface area contributed by atoms with Crippen LogP contribution in [0.2, 0.25) is 0 Å². The highest BCUT2D eigenvalue weighted by Crippen LogP contribution is 2.39.